The van der Waals surface area contributed by atoms with Crippen LogP contribution in [0.4, 0.5) is 4.39 Å². The second-order valence-corrected chi connectivity index (χ2v) is 4.52. The Morgan fingerprint density at radius 1 is 1.53 bits per heavy atom. The molecule has 0 atom stereocenters. The Morgan fingerprint density at radius 2 is 2.24 bits per heavy atom. The third-order valence-corrected chi connectivity index (χ3v) is 3.41. The molecule has 0 spiro atoms. The summed E-state index contributed by atoms with van der Waals surface area (Å²) in [5.41, 5.74) is 0.803. The van der Waals surface area contributed by atoms with Gasteiger partial charge >= 0.3 is 0 Å². The highest BCUT2D eigenvalue weighted by Gasteiger charge is 2.07. The first-order chi connectivity index (χ1) is 8.06. The van der Waals surface area contributed by atoms with Gasteiger partial charge in [0.25, 0.3) is 0 Å². The topological polar surface area (TPSA) is 32.3 Å². The number of hydrogen-bond acceptors (Lipinski definition) is 2. The van der Waals surface area contributed by atoms with E-state index in [4.69, 9.17) is 0 Å². The van der Waals surface area contributed by atoms with Crippen molar-refractivity contribution in [3.8, 4) is 0 Å². The summed E-state index contributed by atoms with van der Waals surface area (Å²) < 4.78 is 13.6. The molecule has 0 aromatic heterocycles. The number of likely N-dealkylation sites (N-methyl/N-ethyl adjacent to an activating group) is 1. The lowest BCUT2D eigenvalue weighted by molar-refractivity contribution is -0.128. The van der Waals surface area contributed by atoms with Crippen LogP contribution in [0.15, 0.2) is 22.7 Å². The summed E-state index contributed by atoms with van der Waals surface area (Å²) in [6.07, 6.45) is 0. The molecule has 0 saturated carbocycles. The van der Waals surface area contributed by atoms with Crippen LogP contribution in [0.2, 0.25) is 0 Å². The molecule has 94 valence electrons. The van der Waals surface area contributed by atoms with Crippen molar-refractivity contribution >= 4 is 21.8 Å². The first kappa shape index (κ1) is 14.1. The predicted octanol–water partition coefficient (Wildman–Crippen LogP) is 2.16. The fraction of sp³-hybridized carbons (Fsp3) is 0.417. The number of rotatable bonds is 5. The summed E-state index contributed by atoms with van der Waals surface area (Å²) in [7, 11) is 1.75. The van der Waals surface area contributed by atoms with E-state index in [0.29, 0.717) is 17.6 Å². The molecule has 1 amide bonds. The lowest BCUT2D eigenvalue weighted by Crippen LogP contribution is -2.35. The normalized spacial score (nSPS) is 10.4. The van der Waals surface area contributed by atoms with Gasteiger partial charge in [-0.25, -0.2) is 4.39 Å². The van der Waals surface area contributed by atoms with Gasteiger partial charge in [-0.3, -0.25) is 4.79 Å². The van der Waals surface area contributed by atoms with Crippen molar-refractivity contribution in [3.05, 3.63) is 34.1 Å². The van der Waals surface area contributed by atoms with Gasteiger partial charge in [-0.05, 0) is 34.5 Å². The van der Waals surface area contributed by atoms with E-state index in [2.05, 4.69) is 21.2 Å². The number of benzene rings is 1. The first-order valence-corrected chi connectivity index (χ1v) is 6.23. The van der Waals surface area contributed by atoms with Crippen LogP contribution < -0.4 is 5.32 Å². The fourth-order valence-electron chi connectivity index (χ4n) is 1.30. The summed E-state index contributed by atoms with van der Waals surface area (Å²) in [5, 5.41) is 3.00. The smallest absolute Gasteiger partial charge is 0.236 e. The SMILES string of the molecule is CCN(C)C(=O)CNCc1cccc(F)c1Br. The number of nitrogens with zero attached hydrogens (tertiary/aromatic N) is 1. The van der Waals surface area contributed by atoms with Gasteiger partial charge in [-0.1, -0.05) is 12.1 Å². The molecule has 0 aliphatic carbocycles. The van der Waals surface area contributed by atoms with Gasteiger partial charge in [-0.15, -0.1) is 0 Å². The molecule has 1 aromatic rings. The Balaban J connectivity index is 2.46. The van der Waals surface area contributed by atoms with Gasteiger partial charge in [0.05, 0.1) is 11.0 Å². The van der Waals surface area contributed by atoms with Crippen LogP contribution in [0.25, 0.3) is 0 Å². The summed E-state index contributed by atoms with van der Waals surface area (Å²) in [6, 6.07) is 4.86. The van der Waals surface area contributed by atoms with E-state index in [1.165, 1.54) is 6.07 Å². The van der Waals surface area contributed by atoms with E-state index < -0.39 is 0 Å². The lowest BCUT2D eigenvalue weighted by atomic mass is 10.2. The molecule has 1 aromatic carbocycles. The summed E-state index contributed by atoms with van der Waals surface area (Å²) >= 11 is 3.18. The number of amides is 1. The van der Waals surface area contributed by atoms with Crippen LogP contribution in [-0.4, -0.2) is 30.9 Å². The quantitative estimate of drug-likeness (QED) is 0.904. The second kappa shape index (κ2) is 6.71. The molecule has 0 unspecified atom stereocenters. The summed E-state index contributed by atoms with van der Waals surface area (Å²) in [6.45, 7) is 3.32. The zero-order chi connectivity index (χ0) is 12.8. The molecule has 0 fully saturated rings. The van der Waals surface area contributed by atoms with Crippen LogP contribution in [0, 0.1) is 5.82 Å². The van der Waals surface area contributed by atoms with Crippen LogP contribution in [0.3, 0.4) is 0 Å². The van der Waals surface area contributed by atoms with Gasteiger partial charge in [0, 0.05) is 20.1 Å². The molecular weight excluding hydrogens is 287 g/mol. The summed E-state index contributed by atoms with van der Waals surface area (Å²) in [4.78, 5) is 13.1. The number of carbonyl (C=O) groups is 1. The summed E-state index contributed by atoms with van der Waals surface area (Å²) in [5.74, 6) is -0.263. The van der Waals surface area contributed by atoms with Gasteiger partial charge < -0.3 is 10.2 Å². The third-order valence-electron chi connectivity index (χ3n) is 2.52. The molecule has 0 bridgehead atoms. The van der Waals surface area contributed by atoms with Crippen molar-refractivity contribution in [2.24, 2.45) is 0 Å². The van der Waals surface area contributed by atoms with E-state index in [-0.39, 0.29) is 18.3 Å². The Morgan fingerprint density at radius 3 is 2.88 bits per heavy atom. The Bertz CT molecular complexity index is 398. The van der Waals surface area contributed by atoms with E-state index in [9.17, 15) is 9.18 Å². The molecule has 0 saturated heterocycles. The van der Waals surface area contributed by atoms with Crippen molar-refractivity contribution < 1.29 is 9.18 Å². The maximum atomic E-state index is 13.2. The van der Waals surface area contributed by atoms with Crippen molar-refractivity contribution in [2.75, 3.05) is 20.1 Å². The Hall–Kier alpha value is -0.940. The molecule has 5 heteroatoms. The van der Waals surface area contributed by atoms with Gasteiger partial charge in [0.1, 0.15) is 5.82 Å². The molecule has 17 heavy (non-hydrogen) atoms. The molecule has 1 rings (SSSR count). The van der Waals surface area contributed by atoms with Crippen LogP contribution >= 0.6 is 15.9 Å². The minimum atomic E-state index is -0.290. The molecular formula is C12H16BrFN2O. The molecule has 0 aliphatic heterocycles. The fourth-order valence-corrected chi connectivity index (χ4v) is 1.70. The minimum Gasteiger partial charge on any atom is -0.345 e. The maximum Gasteiger partial charge on any atom is 0.236 e. The number of nitrogens with one attached hydrogen (secondary N) is 1. The standard InChI is InChI=1S/C12H16BrFN2O/c1-3-16(2)11(17)8-15-7-9-5-4-6-10(14)12(9)13/h4-6,15H,3,7-8H2,1-2H3. The highest BCUT2D eigenvalue weighted by molar-refractivity contribution is 9.10. The Labute approximate surface area is 109 Å². The van der Waals surface area contributed by atoms with E-state index in [1.807, 2.05) is 13.0 Å². The van der Waals surface area contributed by atoms with E-state index >= 15 is 0 Å². The number of carbonyl (C=O) groups excluding carboxylic acids is 1. The number of halogens is 2. The van der Waals surface area contributed by atoms with Gasteiger partial charge in [0.2, 0.25) is 5.91 Å². The van der Waals surface area contributed by atoms with Crippen molar-refractivity contribution in [2.45, 2.75) is 13.5 Å². The molecule has 0 heterocycles. The van der Waals surface area contributed by atoms with Crippen molar-refractivity contribution in [1.82, 2.24) is 10.2 Å². The van der Waals surface area contributed by atoms with Crippen molar-refractivity contribution in [3.63, 3.8) is 0 Å². The van der Waals surface area contributed by atoms with Crippen molar-refractivity contribution in [1.29, 1.82) is 0 Å². The van der Waals surface area contributed by atoms with Gasteiger partial charge in [0.15, 0.2) is 0 Å². The lowest BCUT2D eigenvalue weighted by Gasteiger charge is -2.15. The highest BCUT2D eigenvalue weighted by atomic mass is 79.9. The second-order valence-electron chi connectivity index (χ2n) is 3.72. The van der Waals surface area contributed by atoms with E-state index in [0.717, 1.165) is 5.56 Å². The predicted molar refractivity (Wildman–Crippen MR) is 69.1 cm³/mol. The third kappa shape index (κ3) is 4.09. The van der Waals surface area contributed by atoms with Gasteiger partial charge in [-0.2, -0.15) is 0 Å². The van der Waals surface area contributed by atoms with Crippen LogP contribution in [0.1, 0.15) is 12.5 Å². The first-order valence-electron chi connectivity index (χ1n) is 5.43. The monoisotopic (exact) mass is 302 g/mol. The van der Waals surface area contributed by atoms with E-state index in [1.54, 1.807) is 18.0 Å². The zero-order valence-corrected chi connectivity index (χ0v) is 11.6. The van der Waals surface area contributed by atoms with Crippen LogP contribution in [-0.2, 0) is 11.3 Å². The molecule has 1 N–H and O–H groups in total. The highest BCUT2D eigenvalue weighted by Crippen LogP contribution is 2.19. The zero-order valence-electron chi connectivity index (χ0n) is 9.96. The van der Waals surface area contributed by atoms with Crippen LogP contribution in [0.5, 0.6) is 0 Å². The average Bonchev–Trinajstić information content (AvgIpc) is 2.33. The minimum absolute atomic E-state index is 0.0278. The molecule has 3 nitrogen and oxygen atoms in total. The maximum absolute atomic E-state index is 13.2. The molecule has 0 radical (unpaired) electrons. The molecule has 0 aliphatic rings. The largest absolute Gasteiger partial charge is 0.345 e. The Kier molecular flexibility index (Phi) is 5.58. The number of hydrogen-bond donors (Lipinski definition) is 1. The average molecular weight is 303 g/mol.